The first kappa shape index (κ1) is 17.6. The Morgan fingerprint density at radius 1 is 1.00 bits per heavy atom. The van der Waals surface area contributed by atoms with Gasteiger partial charge >= 0.3 is 0 Å². The van der Waals surface area contributed by atoms with Crippen LogP contribution in [0, 0.1) is 6.92 Å². The van der Waals surface area contributed by atoms with Crippen LogP contribution in [0.4, 0.5) is 0 Å². The zero-order valence-electron chi connectivity index (χ0n) is 15.3. The third-order valence-electron chi connectivity index (χ3n) is 5.28. The summed E-state index contributed by atoms with van der Waals surface area (Å²) in [7, 11) is 0. The van der Waals surface area contributed by atoms with Gasteiger partial charge in [0.1, 0.15) is 5.75 Å². The van der Waals surface area contributed by atoms with Crippen molar-refractivity contribution in [1.82, 2.24) is 5.01 Å². The second kappa shape index (κ2) is 6.84. The van der Waals surface area contributed by atoms with Crippen molar-refractivity contribution < 1.29 is 4.74 Å². The standard InChI is InChI=1S/C23H18Cl2N2O/c1-14-7-9-15(10-8-14)20-13-21-18-11-17(24)12-19(25)22(18)28-23(27(21)26-20)16-5-3-2-4-6-16/h2-12,21,23H,13H2,1H3/t21-,23-/m0/s1. The topological polar surface area (TPSA) is 24.8 Å². The number of fused-ring (bicyclic) bond motifs is 3. The molecule has 0 fully saturated rings. The van der Waals surface area contributed by atoms with Crippen LogP contribution < -0.4 is 4.74 Å². The highest BCUT2D eigenvalue weighted by atomic mass is 35.5. The number of nitrogens with zero attached hydrogens (tertiary/aromatic N) is 2. The molecule has 2 aliphatic rings. The number of rotatable bonds is 2. The number of hydrazone groups is 1. The molecule has 2 aliphatic heterocycles. The van der Waals surface area contributed by atoms with Gasteiger partial charge in [0.2, 0.25) is 6.23 Å². The first-order valence-electron chi connectivity index (χ1n) is 9.23. The molecule has 0 spiro atoms. The highest BCUT2D eigenvalue weighted by Crippen LogP contribution is 2.50. The van der Waals surface area contributed by atoms with E-state index in [4.69, 9.17) is 33.0 Å². The van der Waals surface area contributed by atoms with E-state index in [0.29, 0.717) is 15.8 Å². The number of ether oxygens (including phenoxy) is 1. The first-order chi connectivity index (χ1) is 13.6. The fraction of sp³-hybridized carbons (Fsp3) is 0.174. The molecule has 0 radical (unpaired) electrons. The second-order valence-corrected chi connectivity index (χ2v) is 8.04. The van der Waals surface area contributed by atoms with E-state index in [1.807, 2.05) is 29.3 Å². The van der Waals surface area contributed by atoms with Gasteiger partial charge in [-0.15, -0.1) is 0 Å². The summed E-state index contributed by atoms with van der Waals surface area (Å²) in [6.07, 6.45) is 0.444. The number of hydrogen-bond donors (Lipinski definition) is 0. The Bertz CT molecular complexity index is 1060. The van der Waals surface area contributed by atoms with E-state index >= 15 is 0 Å². The number of halogens is 2. The van der Waals surface area contributed by atoms with Crippen LogP contribution >= 0.6 is 23.2 Å². The van der Waals surface area contributed by atoms with Gasteiger partial charge < -0.3 is 4.74 Å². The van der Waals surface area contributed by atoms with E-state index in [9.17, 15) is 0 Å². The zero-order chi connectivity index (χ0) is 19.3. The van der Waals surface area contributed by atoms with Gasteiger partial charge in [0, 0.05) is 22.6 Å². The number of aryl methyl sites for hydroxylation is 1. The highest BCUT2D eigenvalue weighted by Gasteiger charge is 2.41. The molecular formula is C23H18Cl2N2O. The molecule has 2 atom stereocenters. The Morgan fingerprint density at radius 2 is 1.75 bits per heavy atom. The molecule has 3 aromatic carbocycles. The van der Waals surface area contributed by atoms with Gasteiger partial charge in [-0.05, 0) is 24.6 Å². The van der Waals surface area contributed by atoms with Gasteiger partial charge in [0.25, 0.3) is 0 Å². The largest absolute Gasteiger partial charge is 0.463 e. The average Bonchev–Trinajstić information content (AvgIpc) is 3.14. The molecular weight excluding hydrogens is 391 g/mol. The fourth-order valence-corrected chi connectivity index (χ4v) is 4.43. The summed E-state index contributed by atoms with van der Waals surface area (Å²) >= 11 is 12.8. The molecule has 0 saturated heterocycles. The molecule has 3 nitrogen and oxygen atoms in total. The highest BCUT2D eigenvalue weighted by molar-refractivity contribution is 6.35. The van der Waals surface area contributed by atoms with Crippen LogP contribution in [0.3, 0.4) is 0 Å². The lowest BCUT2D eigenvalue weighted by atomic mass is 9.95. The van der Waals surface area contributed by atoms with E-state index in [2.05, 4.69) is 43.3 Å². The monoisotopic (exact) mass is 408 g/mol. The molecule has 0 aliphatic carbocycles. The predicted molar refractivity (Wildman–Crippen MR) is 113 cm³/mol. The Balaban J connectivity index is 1.63. The van der Waals surface area contributed by atoms with Gasteiger partial charge in [-0.1, -0.05) is 83.4 Å². The van der Waals surface area contributed by atoms with Crippen molar-refractivity contribution in [3.63, 3.8) is 0 Å². The SMILES string of the molecule is Cc1ccc(C2=NN3[C@@H](C2)c2cc(Cl)cc(Cl)c2O[C@H]3c2ccccc2)cc1. The van der Waals surface area contributed by atoms with E-state index in [0.717, 1.165) is 28.8 Å². The maximum Gasteiger partial charge on any atom is 0.213 e. The molecule has 0 bridgehead atoms. The second-order valence-electron chi connectivity index (χ2n) is 7.20. The smallest absolute Gasteiger partial charge is 0.213 e. The van der Waals surface area contributed by atoms with Crippen LogP contribution in [-0.4, -0.2) is 10.7 Å². The lowest BCUT2D eigenvalue weighted by molar-refractivity contribution is -0.0189. The first-order valence-corrected chi connectivity index (χ1v) is 9.99. The molecule has 28 heavy (non-hydrogen) atoms. The van der Waals surface area contributed by atoms with E-state index < -0.39 is 0 Å². The molecule has 3 aromatic rings. The molecule has 5 heteroatoms. The van der Waals surface area contributed by atoms with Crippen molar-refractivity contribution in [2.45, 2.75) is 25.6 Å². The Hall–Kier alpha value is -2.49. The van der Waals surface area contributed by atoms with Crippen molar-refractivity contribution in [2.75, 3.05) is 0 Å². The summed E-state index contributed by atoms with van der Waals surface area (Å²) in [5, 5.41) is 8.15. The third kappa shape index (κ3) is 2.95. The Labute approximate surface area is 174 Å². The van der Waals surface area contributed by atoms with Gasteiger partial charge in [-0.25, -0.2) is 5.01 Å². The predicted octanol–water partition coefficient (Wildman–Crippen LogP) is 6.54. The van der Waals surface area contributed by atoms with Crippen molar-refractivity contribution in [3.8, 4) is 5.75 Å². The summed E-state index contributed by atoms with van der Waals surface area (Å²) < 4.78 is 6.35. The van der Waals surface area contributed by atoms with Crippen molar-refractivity contribution in [2.24, 2.45) is 5.10 Å². The molecule has 0 aromatic heterocycles. The summed E-state index contributed by atoms with van der Waals surface area (Å²) in [5.74, 6) is 0.696. The van der Waals surface area contributed by atoms with Gasteiger partial charge in [-0.2, -0.15) is 5.10 Å². The van der Waals surface area contributed by atoms with Gasteiger partial charge in [0.05, 0.1) is 16.8 Å². The van der Waals surface area contributed by atoms with Crippen molar-refractivity contribution >= 4 is 28.9 Å². The number of hydrogen-bond acceptors (Lipinski definition) is 3. The van der Waals surface area contributed by atoms with Crippen LogP contribution in [-0.2, 0) is 0 Å². The summed E-state index contributed by atoms with van der Waals surface area (Å²) in [5.41, 5.74) is 5.42. The average molecular weight is 409 g/mol. The molecule has 5 rings (SSSR count). The molecule has 140 valence electrons. The van der Waals surface area contributed by atoms with Crippen LogP contribution in [0.25, 0.3) is 0 Å². The normalized spacial score (nSPS) is 20.2. The summed E-state index contributed by atoms with van der Waals surface area (Å²) in [6.45, 7) is 2.09. The molecule has 0 saturated carbocycles. The minimum Gasteiger partial charge on any atom is -0.463 e. The lowest BCUT2D eigenvalue weighted by Crippen LogP contribution is -2.33. The van der Waals surface area contributed by atoms with E-state index in [1.54, 1.807) is 6.07 Å². The molecule has 0 unspecified atom stereocenters. The van der Waals surface area contributed by atoms with Gasteiger partial charge in [-0.3, -0.25) is 0 Å². The quantitative estimate of drug-likeness (QED) is 0.480. The van der Waals surface area contributed by atoms with E-state index in [1.165, 1.54) is 5.56 Å². The molecule has 0 amide bonds. The fourth-order valence-electron chi connectivity index (χ4n) is 3.87. The minimum absolute atomic E-state index is 0.0291. The van der Waals surface area contributed by atoms with E-state index in [-0.39, 0.29) is 12.3 Å². The van der Waals surface area contributed by atoms with Crippen molar-refractivity contribution in [3.05, 3.63) is 99.0 Å². The maximum absolute atomic E-state index is 6.50. The van der Waals surface area contributed by atoms with Crippen LogP contribution in [0.15, 0.2) is 71.8 Å². The van der Waals surface area contributed by atoms with Gasteiger partial charge in [0.15, 0.2) is 0 Å². The lowest BCUT2D eigenvalue weighted by Gasteiger charge is -2.38. The maximum atomic E-state index is 6.50. The Kier molecular flexibility index (Phi) is 4.30. The summed E-state index contributed by atoms with van der Waals surface area (Å²) in [6, 6.07) is 22.3. The molecule has 0 N–H and O–H groups in total. The third-order valence-corrected chi connectivity index (χ3v) is 5.78. The van der Waals surface area contributed by atoms with Crippen molar-refractivity contribution in [1.29, 1.82) is 0 Å². The van der Waals surface area contributed by atoms with Crippen LogP contribution in [0.2, 0.25) is 10.0 Å². The summed E-state index contributed by atoms with van der Waals surface area (Å²) in [4.78, 5) is 0. The van der Waals surface area contributed by atoms with Crippen LogP contribution in [0.1, 0.15) is 40.9 Å². The zero-order valence-corrected chi connectivity index (χ0v) is 16.8. The number of benzene rings is 3. The molecule has 2 heterocycles. The Morgan fingerprint density at radius 3 is 2.50 bits per heavy atom. The van der Waals surface area contributed by atoms with Crippen LogP contribution in [0.5, 0.6) is 5.75 Å². The minimum atomic E-state index is -0.333.